The van der Waals surface area contributed by atoms with Crippen molar-refractivity contribution in [2.24, 2.45) is 5.92 Å². The third-order valence-electron chi connectivity index (χ3n) is 3.80. The number of nitrogens with one attached hydrogen (secondary N) is 2. The lowest BCUT2D eigenvalue weighted by Gasteiger charge is -2.26. The number of carbonyl (C=O) groups is 1. The summed E-state index contributed by atoms with van der Waals surface area (Å²) in [6.45, 7) is 5.67. The monoisotopic (exact) mass is 312 g/mol. The predicted molar refractivity (Wildman–Crippen MR) is 83.0 cm³/mol. The third-order valence-corrected chi connectivity index (χ3v) is 4.12. The van der Waals surface area contributed by atoms with E-state index < -0.39 is 0 Å². The van der Waals surface area contributed by atoms with Gasteiger partial charge in [0, 0.05) is 17.0 Å². The number of hydrogen-bond donors (Lipinski definition) is 2. The van der Waals surface area contributed by atoms with Gasteiger partial charge in [-0.15, -0.1) is 0 Å². The molecule has 0 spiro atoms. The summed E-state index contributed by atoms with van der Waals surface area (Å²) >= 11 is 6.09. The Balaban J connectivity index is 1.83. The first-order chi connectivity index (χ1) is 9.88. The highest BCUT2D eigenvalue weighted by Crippen LogP contribution is 2.30. The van der Waals surface area contributed by atoms with Gasteiger partial charge in [-0.2, -0.15) is 0 Å². The highest BCUT2D eigenvalue weighted by atomic mass is 35.5. The van der Waals surface area contributed by atoms with Crippen LogP contribution in [0.5, 0.6) is 0 Å². The second-order valence-electron chi connectivity index (χ2n) is 6.36. The zero-order valence-electron chi connectivity index (χ0n) is 12.5. The summed E-state index contributed by atoms with van der Waals surface area (Å²) in [5.74, 6) is 0.377. The van der Waals surface area contributed by atoms with Crippen LogP contribution in [0.25, 0.3) is 0 Å². The Morgan fingerprint density at radius 2 is 2.14 bits per heavy atom. The van der Waals surface area contributed by atoms with Crippen molar-refractivity contribution < 1.29 is 9.18 Å². The van der Waals surface area contributed by atoms with Crippen LogP contribution in [0.1, 0.15) is 32.3 Å². The van der Waals surface area contributed by atoms with Gasteiger partial charge in [0.25, 0.3) is 0 Å². The van der Waals surface area contributed by atoms with Gasteiger partial charge in [0.15, 0.2) is 0 Å². The first-order valence-electron chi connectivity index (χ1n) is 7.31. The van der Waals surface area contributed by atoms with Gasteiger partial charge in [-0.3, -0.25) is 4.79 Å². The van der Waals surface area contributed by atoms with Crippen molar-refractivity contribution in [1.29, 1.82) is 0 Å². The number of halogens is 2. The summed E-state index contributed by atoms with van der Waals surface area (Å²) in [6, 6.07) is 4.37. The van der Waals surface area contributed by atoms with E-state index in [0.29, 0.717) is 18.1 Å². The molecule has 0 aromatic heterocycles. The van der Waals surface area contributed by atoms with Gasteiger partial charge in [0.2, 0.25) is 5.91 Å². The van der Waals surface area contributed by atoms with E-state index in [0.717, 1.165) is 18.0 Å². The summed E-state index contributed by atoms with van der Waals surface area (Å²) in [5, 5.41) is 6.45. The van der Waals surface area contributed by atoms with Crippen LogP contribution in [0.3, 0.4) is 0 Å². The number of carbonyl (C=O) groups excluding carboxylic acids is 1. The molecule has 0 heterocycles. The first-order valence-corrected chi connectivity index (χ1v) is 7.69. The van der Waals surface area contributed by atoms with E-state index >= 15 is 0 Å². The Bertz CT molecular complexity index is 515. The van der Waals surface area contributed by atoms with Gasteiger partial charge < -0.3 is 10.6 Å². The Labute approximate surface area is 130 Å². The van der Waals surface area contributed by atoms with Crippen LogP contribution < -0.4 is 10.6 Å². The summed E-state index contributed by atoms with van der Waals surface area (Å²) < 4.78 is 13.1. The van der Waals surface area contributed by atoms with Crippen LogP contribution in [0, 0.1) is 11.7 Å². The van der Waals surface area contributed by atoms with Crippen LogP contribution >= 0.6 is 11.6 Å². The molecule has 1 aromatic carbocycles. The maximum Gasteiger partial charge on any atom is 0.233 e. The lowest BCUT2D eigenvalue weighted by Crippen LogP contribution is -2.41. The third kappa shape index (κ3) is 4.97. The van der Waals surface area contributed by atoms with Crippen LogP contribution in [0.15, 0.2) is 18.2 Å². The van der Waals surface area contributed by atoms with Crippen LogP contribution in [0.2, 0.25) is 5.02 Å². The van der Waals surface area contributed by atoms with Gasteiger partial charge in [-0.25, -0.2) is 4.39 Å². The molecule has 3 nitrogen and oxygen atoms in total. The van der Waals surface area contributed by atoms with Gasteiger partial charge in [0.05, 0.1) is 6.54 Å². The van der Waals surface area contributed by atoms with Gasteiger partial charge in [0.1, 0.15) is 5.82 Å². The Hall–Kier alpha value is -1.13. The lowest BCUT2D eigenvalue weighted by atomic mass is 9.84. The van der Waals surface area contributed by atoms with E-state index in [1.807, 2.05) is 13.8 Å². The molecule has 0 aliphatic heterocycles. The van der Waals surface area contributed by atoms with Crippen LogP contribution in [-0.4, -0.2) is 25.5 Å². The average Bonchev–Trinajstić information content (AvgIpc) is 3.20. The summed E-state index contributed by atoms with van der Waals surface area (Å²) in [7, 11) is 0. The number of hydrogen-bond acceptors (Lipinski definition) is 2. The normalized spacial score (nSPS) is 15.0. The maximum atomic E-state index is 13.1. The molecule has 1 aliphatic rings. The smallest absolute Gasteiger partial charge is 0.233 e. The summed E-state index contributed by atoms with van der Waals surface area (Å²) in [5.41, 5.74) is 0.480. The van der Waals surface area contributed by atoms with Crippen molar-refractivity contribution in [3.05, 3.63) is 34.6 Å². The van der Waals surface area contributed by atoms with Gasteiger partial charge in [-0.05, 0) is 43.0 Å². The van der Waals surface area contributed by atoms with Crippen molar-refractivity contribution in [3.63, 3.8) is 0 Å². The van der Waals surface area contributed by atoms with Crippen LogP contribution in [0.4, 0.5) is 4.39 Å². The molecule has 0 unspecified atom stereocenters. The van der Waals surface area contributed by atoms with E-state index in [1.165, 1.54) is 25.0 Å². The van der Waals surface area contributed by atoms with Gasteiger partial charge in [-0.1, -0.05) is 31.5 Å². The predicted octanol–water partition coefficient (Wildman–Crippen LogP) is 2.87. The minimum atomic E-state index is -0.354. The van der Waals surface area contributed by atoms with Crippen molar-refractivity contribution in [2.75, 3.05) is 19.6 Å². The molecule has 0 radical (unpaired) electrons. The molecule has 0 atom stereocenters. The minimum Gasteiger partial charge on any atom is -0.354 e. The highest BCUT2D eigenvalue weighted by molar-refractivity contribution is 6.31. The first kappa shape index (κ1) is 16.2. The molecule has 21 heavy (non-hydrogen) atoms. The topological polar surface area (TPSA) is 41.1 Å². The SMILES string of the molecule is CC(C)(CNC(=O)CNCC1CC1)c1ccc(F)cc1Cl. The molecular weight excluding hydrogens is 291 g/mol. The number of amides is 1. The standard InChI is InChI=1S/C16H22ClFN2O/c1-16(2,13-6-5-12(18)7-14(13)17)10-20-15(21)9-19-8-11-3-4-11/h5-7,11,19H,3-4,8-10H2,1-2H3,(H,20,21). The molecule has 1 fully saturated rings. The van der Waals surface area contributed by atoms with E-state index in [2.05, 4.69) is 10.6 Å². The molecule has 2 N–H and O–H groups in total. The van der Waals surface area contributed by atoms with Gasteiger partial charge >= 0.3 is 0 Å². The molecule has 1 amide bonds. The van der Waals surface area contributed by atoms with Crippen LogP contribution in [-0.2, 0) is 10.2 Å². The fraction of sp³-hybridized carbons (Fsp3) is 0.562. The summed E-state index contributed by atoms with van der Waals surface area (Å²) in [6.07, 6.45) is 2.54. The number of rotatable bonds is 7. The fourth-order valence-electron chi connectivity index (χ4n) is 2.23. The zero-order valence-corrected chi connectivity index (χ0v) is 13.3. The second-order valence-corrected chi connectivity index (χ2v) is 6.77. The van der Waals surface area contributed by atoms with Crippen molar-refractivity contribution in [2.45, 2.75) is 32.1 Å². The van der Waals surface area contributed by atoms with E-state index in [-0.39, 0.29) is 17.1 Å². The quantitative estimate of drug-likeness (QED) is 0.813. The van der Waals surface area contributed by atoms with Crippen molar-refractivity contribution in [1.82, 2.24) is 10.6 Å². The Morgan fingerprint density at radius 3 is 2.76 bits per heavy atom. The fourth-order valence-corrected chi connectivity index (χ4v) is 2.65. The molecule has 1 aliphatic carbocycles. The minimum absolute atomic E-state index is 0.0260. The molecule has 5 heteroatoms. The van der Waals surface area contributed by atoms with Crippen molar-refractivity contribution >= 4 is 17.5 Å². The lowest BCUT2D eigenvalue weighted by molar-refractivity contribution is -0.120. The zero-order chi connectivity index (χ0) is 15.5. The largest absolute Gasteiger partial charge is 0.354 e. The van der Waals surface area contributed by atoms with E-state index in [1.54, 1.807) is 6.07 Å². The maximum absolute atomic E-state index is 13.1. The van der Waals surface area contributed by atoms with E-state index in [9.17, 15) is 9.18 Å². The molecule has 1 aromatic rings. The summed E-state index contributed by atoms with van der Waals surface area (Å²) in [4.78, 5) is 11.8. The number of benzene rings is 1. The van der Waals surface area contributed by atoms with Crippen molar-refractivity contribution in [3.8, 4) is 0 Å². The highest BCUT2D eigenvalue weighted by Gasteiger charge is 2.24. The molecule has 0 bridgehead atoms. The second kappa shape index (κ2) is 6.75. The Kier molecular flexibility index (Phi) is 5.22. The molecular formula is C16H22ClFN2O. The molecule has 2 rings (SSSR count). The molecule has 0 saturated heterocycles. The average molecular weight is 313 g/mol. The van der Waals surface area contributed by atoms with E-state index in [4.69, 9.17) is 11.6 Å². The molecule has 1 saturated carbocycles. The Morgan fingerprint density at radius 1 is 1.43 bits per heavy atom. The molecule has 116 valence electrons.